The predicted molar refractivity (Wildman–Crippen MR) is 77.6 cm³/mol. The molecule has 1 aromatic heterocycles. The Bertz CT molecular complexity index is 744. The Morgan fingerprint density at radius 2 is 2.18 bits per heavy atom. The Morgan fingerprint density at radius 3 is 2.82 bits per heavy atom. The van der Waals surface area contributed by atoms with Gasteiger partial charge in [-0.1, -0.05) is 6.07 Å². The quantitative estimate of drug-likeness (QED) is 0.737. The van der Waals surface area contributed by atoms with E-state index in [1.54, 1.807) is 19.1 Å². The third-order valence-corrected chi connectivity index (χ3v) is 4.36. The highest BCUT2D eigenvalue weighted by Crippen LogP contribution is 2.14. The number of likely N-dealkylation sites (N-methyl/N-ethyl adjacent to an activating group) is 1. The van der Waals surface area contributed by atoms with Crippen LogP contribution in [0, 0.1) is 0 Å². The summed E-state index contributed by atoms with van der Waals surface area (Å²) in [6.07, 6.45) is 1.36. The molecule has 22 heavy (non-hydrogen) atoms. The highest BCUT2D eigenvalue weighted by molar-refractivity contribution is 7.89. The molecule has 10 heteroatoms. The topological polar surface area (TPSA) is 119 Å². The lowest BCUT2D eigenvalue weighted by Gasteiger charge is -2.14. The van der Waals surface area contributed by atoms with Gasteiger partial charge in [-0.2, -0.15) is 4.72 Å². The molecule has 0 fully saturated rings. The number of carbonyl (C=O) groups is 1. The second-order valence-corrected chi connectivity index (χ2v) is 6.20. The van der Waals surface area contributed by atoms with E-state index < -0.39 is 16.1 Å². The van der Waals surface area contributed by atoms with Crippen molar-refractivity contribution in [2.75, 3.05) is 6.54 Å². The van der Waals surface area contributed by atoms with E-state index in [0.717, 1.165) is 0 Å². The first-order valence-corrected chi connectivity index (χ1v) is 8.06. The summed E-state index contributed by atoms with van der Waals surface area (Å²) in [5, 5.41) is 13.2. The van der Waals surface area contributed by atoms with Crippen LogP contribution in [0.2, 0.25) is 0 Å². The van der Waals surface area contributed by atoms with Crippen molar-refractivity contribution in [2.24, 2.45) is 0 Å². The molecule has 2 aromatic rings. The van der Waals surface area contributed by atoms with Crippen LogP contribution < -0.4 is 10.0 Å². The smallest absolute Gasteiger partial charge is 0.241 e. The molecule has 9 nitrogen and oxygen atoms in total. The van der Waals surface area contributed by atoms with Crippen molar-refractivity contribution < 1.29 is 13.2 Å². The van der Waals surface area contributed by atoms with Crippen molar-refractivity contribution in [3.05, 3.63) is 30.6 Å². The molecule has 0 aliphatic rings. The summed E-state index contributed by atoms with van der Waals surface area (Å²) in [7, 11) is -3.83. The molecule has 0 aliphatic carbocycles. The molecule has 2 rings (SSSR count). The monoisotopic (exact) mass is 324 g/mol. The minimum atomic E-state index is -3.83. The lowest BCUT2D eigenvalue weighted by atomic mass is 10.3. The van der Waals surface area contributed by atoms with Crippen molar-refractivity contribution in [1.82, 2.24) is 30.2 Å². The zero-order chi connectivity index (χ0) is 16.2. The van der Waals surface area contributed by atoms with Gasteiger partial charge in [0.05, 0.1) is 16.6 Å². The summed E-state index contributed by atoms with van der Waals surface area (Å²) in [5.41, 5.74) is 0.499. The van der Waals surface area contributed by atoms with E-state index in [0.29, 0.717) is 12.2 Å². The molecule has 0 aliphatic heterocycles. The number of benzene rings is 1. The average molecular weight is 324 g/mol. The minimum absolute atomic E-state index is 0.0247. The van der Waals surface area contributed by atoms with E-state index in [1.165, 1.54) is 30.1 Å². The summed E-state index contributed by atoms with van der Waals surface area (Å²) >= 11 is 0. The van der Waals surface area contributed by atoms with Gasteiger partial charge in [-0.15, -0.1) is 5.10 Å². The number of aromatic nitrogens is 4. The van der Waals surface area contributed by atoms with Gasteiger partial charge in [-0.3, -0.25) is 4.79 Å². The van der Waals surface area contributed by atoms with Gasteiger partial charge in [0.1, 0.15) is 6.33 Å². The average Bonchev–Trinajstić information content (AvgIpc) is 3.01. The highest BCUT2D eigenvalue weighted by Gasteiger charge is 2.22. The molecule has 0 radical (unpaired) electrons. The van der Waals surface area contributed by atoms with Gasteiger partial charge in [-0.05, 0) is 42.5 Å². The molecule has 2 N–H and O–H groups in total. The Hall–Kier alpha value is -2.33. The number of tetrazole rings is 1. The number of amides is 1. The fraction of sp³-hybridized carbons (Fsp3) is 0.333. The van der Waals surface area contributed by atoms with Crippen LogP contribution in [0.4, 0.5) is 0 Å². The normalized spacial score (nSPS) is 12.8. The molecule has 1 aromatic carbocycles. The van der Waals surface area contributed by atoms with Crippen LogP contribution in [0.3, 0.4) is 0 Å². The van der Waals surface area contributed by atoms with Gasteiger partial charge in [0.15, 0.2) is 0 Å². The summed E-state index contributed by atoms with van der Waals surface area (Å²) < 4.78 is 28.3. The standard InChI is InChI=1S/C12H16N6O3S/c1-3-13-12(19)9(2)15-22(20,21)11-6-4-5-10(7-11)18-8-14-16-17-18/h4-9,15H,3H2,1-2H3,(H,13,19). The Balaban J connectivity index is 2.23. The van der Waals surface area contributed by atoms with Crippen molar-refractivity contribution >= 4 is 15.9 Å². The maximum Gasteiger partial charge on any atom is 0.241 e. The van der Waals surface area contributed by atoms with Gasteiger partial charge in [0.25, 0.3) is 0 Å². The van der Waals surface area contributed by atoms with E-state index in [2.05, 4.69) is 25.6 Å². The van der Waals surface area contributed by atoms with Crippen LogP contribution in [-0.4, -0.2) is 47.1 Å². The molecule has 1 heterocycles. The molecule has 1 atom stereocenters. The maximum atomic E-state index is 12.3. The third kappa shape index (κ3) is 3.65. The van der Waals surface area contributed by atoms with E-state index in [4.69, 9.17) is 0 Å². The lowest BCUT2D eigenvalue weighted by Crippen LogP contribution is -2.44. The SMILES string of the molecule is CCNC(=O)C(C)NS(=O)(=O)c1cccc(-n2cnnn2)c1. The maximum absolute atomic E-state index is 12.3. The Morgan fingerprint density at radius 1 is 1.41 bits per heavy atom. The van der Waals surface area contributed by atoms with Crippen molar-refractivity contribution in [1.29, 1.82) is 0 Å². The van der Waals surface area contributed by atoms with E-state index in [1.807, 2.05) is 0 Å². The molecule has 0 saturated heterocycles. The Labute approximate surface area is 127 Å². The van der Waals surface area contributed by atoms with E-state index in [9.17, 15) is 13.2 Å². The first kappa shape index (κ1) is 16.0. The van der Waals surface area contributed by atoms with Gasteiger partial charge in [0, 0.05) is 6.54 Å². The molecule has 118 valence electrons. The van der Waals surface area contributed by atoms with Crippen LogP contribution in [0.1, 0.15) is 13.8 Å². The van der Waals surface area contributed by atoms with Crippen LogP contribution in [-0.2, 0) is 14.8 Å². The summed E-state index contributed by atoms with van der Waals surface area (Å²) in [6.45, 7) is 3.67. The van der Waals surface area contributed by atoms with Gasteiger partial charge in [-0.25, -0.2) is 13.1 Å². The zero-order valence-corrected chi connectivity index (χ0v) is 12.9. The van der Waals surface area contributed by atoms with Gasteiger partial charge >= 0.3 is 0 Å². The first-order valence-electron chi connectivity index (χ1n) is 6.57. The molecule has 1 amide bonds. The van der Waals surface area contributed by atoms with Crippen molar-refractivity contribution in [3.8, 4) is 5.69 Å². The van der Waals surface area contributed by atoms with Crippen LogP contribution in [0.5, 0.6) is 0 Å². The highest BCUT2D eigenvalue weighted by atomic mass is 32.2. The molecular weight excluding hydrogens is 308 g/mol. The Kier molecular flexibility index (Phi) is 4.83. The molecule has 1 unspecified atom stereocenters. The molecule has 0 bridgehead atoms. The van der Waals surface area contributed by atoms with Crippen LogP contribution in [0.15, 0.2) is 35.5 Å². The van der Waals surface area contributed by atoms with E-state index in [-0.39, 0.29) is 10.8 Å². The van der Waals surface area contributed by atoms with Crippen LogP contribution in [0.25, 0.3) is 5.69 Å². The summed E-state index contributed by atoms with van der Waals surface area (Å²) in [6, 6.07) is 5.22. The predicted octanol–water partition coefficient (Wildman–Crippen LogP) is -0.535. The van der Waals surface area contributed by atoms with Crippen LogP contribution >= 0.6 is 0 Å². The van der Waals surface area contributed by atoms with Crippen molar-refractivity contribution in [3.63, 3.8) is 0 Å². The zero-order valence-electron chi connectivity index (χ0n) is 12.1. The minimum Gasteiger partial charge on any atom is -0.355 e. The first-order chi connectivity index (χ1) is 10.4. The second-order valence-electron chi connectivity index (χ2n) is 4.49. The number of hydrogen-bond acceptors (Lipinski definition) is 6. The summed E-state index contributed by atoms with van der Waals surface area (Å²) in [5.74, 6) is -0.386. The largest absolute Gasteiger partial charge is 0.355 e. The molecular formula is C12H16N6O3S. The fourth-order valence-electron chi connectivity index (χ4n) is 1.75. The number of nitrogens with zero attached hydrogens (tertiary/aromatic N) is 4. The third-order valence-electron chi connectivity index (χ3n) is 2.82. The number of sulfonamides is 1. The second kappa shape index (κ2) is 6.62. The molecule has 0 spiro atoms. The van der Waals surface area contributed by atoms with E-state index >= 15 is 0 Å². The number of carbonyl (C=O) groups excluding carboxylic acids is 1. The number of nitrogens with one attached hydrogen (secondary N) is 2. The van der Waals surface area contributed by atoms with Crippen molar-refractivity contribution in [2.45, 2.75) is 24.8 Å². The summed E-state index contributed by atoms with van der Waals surface area (Å²) in [4.78, 5) is 11.7. The fourth-order valence-corrected chi connectivity index (χ4v) is 3.00. The van der Waals surface area contributed by atoms with Gasteiger partial charge in [0.2, 0.25) is 15.9 Å². The molecule has 0 saturated carbocycles. The lowest BCUT2D eigenvalue weighted by molar-refractivity contribution is -0.122. The van der Waals surface area contributed by atoms with Gasteiger partial charge < -0.3 is 5.32 Å². The number of rotatable bonds is 6. The number of hydrogen-bond donors (Lipinski definition) is 2.